The molecule has 0 fully saturated rings. The van der Waals surface area contributed by atoms with E-state index in [4.69, 9.17) is 4.74 Å². The van der Waals surface area contributed by atoms with Crippen molar-refractivity contribution in [2.75, 3.05) is 7.05 Å². The van der Waals surface area contributed by atoms with Gasteiger partial charge in [0.1, 0.15) is 0 Å². The minimum absolute atomic E-state index is 0.265. The first kappa shape index (κ1) is 18.6. The summed E-state index contributed by atoms with van der Waals surface area (Å²) in [5.41, 5.74) is 2.77. The van der Waals surface area contributed by atoms with Crippen LogP contribution in [0, 0.1) is 6.92 Å². The van der Waals surface area contributed by atoms with Crippen molar-refractivity contribution in [2.24, 2.45) is 7.05 Å². The molecule has 0 bridgehead atoms. The normalized spacial score (nSPS) is 12.0. The van der Waals surface area contributed by atoms with Crippen molar-refractivity contribution < 1.29 is 14.3 Å². The van der Waals surface area contributed by atoms with Crippen molar-refractivity contribution in [3.8, 4) is 0 Å². The number of rotatable bonds is 5. The Kier molecular flexibility index (Phi) is 5.21. The molecule has 2 heterocycles. The number of esters is 1. The van der Waals surface area contributed by atoms with Crippen molar-refractivity contribution in [2.45, 2.75) is 26.5 Å². The molecule has 0 radical (unpaired) electrons. The molecule has 1 aromatic carbocycles. The maximum absolute atomic E-state index is 12.5. The maximum atomic E-state index is 12.5. The smallest absolute Gasteiger partial charge is 0.340 e. The standard InChI is InChI=1S/C20H22N4O3/c1-13-17-10-16(11-21-18(17)24(4)22-13)20(26)27-14(2)19(25)23(3)12-15-8-6-5-7-9-15/h5-11,14H,12H2,1-4H3/t14-/m0/s1. The highest BCUT2D eigenvalue weighted by Crippen LogP contribution is 2.17. The lowest BCUT2D eigenvalue weighted by atomic mass is 10.2. The van der Waals surface area contributed by atoms with Crippen molar-refractivity contribution in [1.29, 1.82) is 0 Å². The van der Waals surface area contributed by atoms with Crippen LogP contribution in [0.3, 0.4) is 0 Å². The number of nitrogens with zero attached hydrogens (tertiary/aromatic N) is 4. The molecule has 140 valence electrons. The topological polar surface area (TPSA) is 77.3 Å². The number of carbonyl (C=O) groups is 2. The monoisotopic (exact) mass is 366 g/mol. The lowest BCUT2D eigenvalue weighted by Crippen LogP contribution is -2.37. The van der Waals surface area contributed by atoms with Crippen LogP contribution in [0.5, 0.6) is 0 Å². The molecule has 27 heavy (non-hydrogen) atoms. The van der Waals surface area contributed by atoms with Crippen molar-refractivity contribution in [3.05, 3.63) is 59.4 Å². The molecule has 0 saturated heterocycles. The molecule has 3 aromatic rings. The number of carbonyl (C=O) groups excluding carboxylic acids is 2. The largest absolute Gasteiger partial charge is 0.449 e. The molecule has 0 saturated carbocycles. The average Bonchev–Trinajstić information content (AvgIpc) is 2.95. The van der Waals surface area contributed by atoms with Gasteiger partial charge in [0.25, 0.3) is 5.91 Å². The lowest BCUT2D eigenvalue weighted by Gasteiger charge is -2.21. The van der Waals surface area contributed by atoms with Crippen LogP contribution in [0.1, 0.15) is 28.5 Å². The minimum Gasteiger partial charge on any atom is -0.449 e. The van der Waals surface area contributed by atoms with Gasteiger partial charge in [0.05, 0.1) is 11.3 Å². The van der Waals surface area contributed by atoms with E-state index in [1.54, 1.807) is 36.7 Å². The highest BCUT2D eigenvalue weighted by Gasteiger charge is 2.23. The number of ether oxygens (including phenoxy) is 1. The maximum Gasteiger partial charge on any atom is 0.340 e. The van der Waals surface area contributed by atoms with Crippen molar-refractivity contribution in [1.82, 2.24) is 19.7 Å². The van der Waals surface area contributed by atoms with Gasteiger partial charge >= 0.3 is 5.97 Å². The fraction of sp³-hybridized carbons (Fsp3) is 0.300. The molecule has 0 N–H and O–H groups in total. The third-order valence-electron chi connectivity index (χ3n) is 4.37. The number of amides is 1. The minimum atomic E-state index is -0.892. The summed E-state index contributed by atoms with van der Waals surface area (Å²) in [6, 6.07) is 11.3. The molecular weight excluding hydrogens is 344 g/mol. The Morgan fingerprint density at radius 1 is 1.26 bits per heavy atom. The van der Waals surface area contributed by atoms with E-state index in [0.29, 0.717) is 17.8 Å². The average molecular weight is 366 g/mol. The summed E-state index contributed by atoms with van der Waals surface area (Å²) in [7, 11) is 3.48. The van der Waals surface area contributed by atoms with Crippen LogP contribution in [0.4, 0.5) is 0 Å². The zero-order valence-electron chi connectivity index (χ0n) is 15.8. The van der Waals surface area contributed by atoms with Gasteiger partial charge < -0.3 is 9.64 Å². The number of likely N-dealkylation sites (N-methyl/N-ethyl adjacent to an activating group) is 1. The zero-order chi connectivity index (χ0) is 19.6. The number of hydrogen-bond donors (Lipinski definition) is 0. The molecular formula is C20H22N4O3. The highest BCUT2D eigenvalue weighted by molar-refractivity contribution is 5.95. The van der Waals surface area contributed by atoms with Crippen LogP contribution in [-0.2, 0) is 23.1 Å². The first-order valence-corrected chi connectivity index (χ1v) is 8.66. The first-order chi connectivity index (χ1) is 12.9. The summed E-state index contributed by atoms with van der Waals surface area (Å²) >= 11 is 0. The van der Waals surface area contributed by atoms with E-state index in [1.807, 2.05) is 37.3 Å². The number of pyridine rings is 1. The predicted octanol–water partition coefficient (Wildman–Crippen LogP) is 2.48. The second-order valence-corrected chi connectivity index (χ2v) is 6.53. The summed E-state index contributed by atoms with van der Waals surface area (Å²) in [5, 5.41) is 5.07. The molecule has 1 atom stereocenters. The van der Waals surface area contributed by atoms with Crippen LogP contribution in [0.25, 0.3) is 11.0 Å². The van der Waals surface area contributed by atoms with Gasteiger partial charge in [-0.25, -0.2) is 9.78 Å². The molecule has 0 aliphatic heterocycles. The van der Waals surface area contributed by atoms with E-state index >= 15 is 0 Å². The van der Waals surface area contributed by atoms with Gasteiger partial charge in [-0.2, -0.15) is 5.10 Å². The second-order valence-electron chi connectivity index (χ2n) is 6.53. The summed E-state index contributed by atoms with van der Waals surface area (Å²) < 4.78 is 7.01. The Morgan fingerprint density at radius 2 is 1.96 bits per heavy atom. The van der Waals surface area contributed by atoms with Gasteiger partial charge in [-0.1, -0.05) is 30.3 Å². The number of aryl methyl sites for hydroxylation is 2. The van der Waals surface area contributed by atoms with E-state index in [2.05, 4.69) is 10.1 Å². The van der Waals surface area contributed by atoms with Gasteiger partial charge in [-0.15, -0.1) is 0 Å². The first-order valence-electron chi connectivity index (χ1n) is 8.66. The summed E-state index contributed by atoms with van der Waals surface area (Å²) in [6.07, 6.45) is 0.549. The quantitative estimate of drug-likeness (QED) is 0.648. The number of aromatic nitrogens is 3. The molecule has 7 nitrogen and oxygen atoms in total. The van der Waals surface area contributed by atoms with E-state index in [-0.39, 0.29) is 5.91 Å². The van der Waals surface area contributed by atoms with Crippen LogP contribution >= 0.6 is 0 Å². The van der Waals surface area contributed by atoms with E-state index < -0.39 is 12.1 Å². The van der Waals surface area contributed by atoms with Gasteiger partial charge in [0, 0.05) is 32.2 Å². The molecule has 7 heteroatoms. The van der Waals surface area contributed by atoms with Gasteiger partial charge in [-0.05, 0) is 25.5 Å². The molecule has 1 amide bonds. The van der Waals surface area contributed by atoms with E-state index in [0.717, 1.165) is 16.6 Å². The number of hydrogen-bond acceptors (Lipinski definition) is 5. The fourth-order valence-corrected chi connectivity index (χ4v) is 2.94. The van der Waals surface area contributed by atoms with Crippen molar-refractivity contribution in [3.63, 3.8) is 0 Å². The molecule has 0 spiro atoms. The summed E-state index contributed by atoms with van der Waals surface area (Å²) in [6.45, 7) is 3.87. The Bertz CT molecular complexity index is 982. The van der Waals surface area contributed by atoms with Gasteiger partial charge in [-0.3, -0.25) is 9.48 Å². The van der Waals surface area contributed by atoms with Crippen LogP contribution in [0.2, 0.25) is 0 Å². The molecule has 0 aliphatic carbocycles. The van der Waals surface area contributed by atoms with Gasteiger partial charge in [0.2, 0.25) is 0 Å². The van der Waals surface area contributed by atoms with E-state index in [9.17, 15) is 9.59 Å². The highest BCUT2D eigenvalue weighted by atomic mass is 16.5. The van der Waals surface area contributed by atoms with E-state index in [1.165, 1.54) is 6.20 Å². The third kappa shape index (κ3) is 3.97. The molecule has 3 rings (SSSR count). The Hall–Kier alpha value is -3.22. The van der Waals surface area contributed by atoms with Crippen LogP contribution < -0.4 is 0 Å². The summed E-state index contributed by atoms with van der Waals surface area (Å²) in [4.78, 5) is 30.8. The SMILES string of the molecule is Cc1nn(C)c2ncc(C(=O)O[C@@H](C)C(=O)N(C)Cc3ccccc3)cc12. The Labute approximate surface area is 157 Å². The lowest BCUT2D eigenvalue weighted by molar-refractivity contribution is -0.139. The summed E-state index contributed by atoms with van der Waals surface area (Å²) in [5.74, 6) is -0.847. The second kappa shape index (κ2) is 7.57. The van der Waals surface area contributed by atoms with Crippen LogP contribution in [-0.4, -0.2) is 44.7 Å². The molecule has 0 unspecified atom stereocenters. The van der Waals surface area contributed by atoms with Crippen molar-refractivity contribution >= 4 is 22.9 Å². The molecule has 2 aromatic heterocycles. The Balaban J connectivity index is 1.67. The predicted molar refractivity (Wildman–Crippen MR) is 101 cm³/mol. The zero-order valence-corrected chi connectivity index (χ0v) is 15.8. The Morgan fingerprint density at radius 3 is 2.67 bits per heavy atom. The number of benzene rings is 1. The third-order valence-corrected chi connectivity index (χ3v) is 4.37. The van der Waals surface area contributed by atoms with Crippen LogP contribution in [0.15, 0.2) is 42.6 Å². The van der Waals surface area contributed by atoms with Gasteiger partial charge in [0.15, 0.2) is 11.8 Å². The molecule has 0 aliphatic rings. The number of fused-ring (bicyclic) bond motifs is 1. The fourth-order valence-electron chi connectivity index (χ4n) is 2.94.